The van der Waals surface area contributed by atoms with Gasteiger partial charge in [0.2, 0.25) is 0 Å². The summed E-state index contributed by atoms with van der Waals surface area (Å²) in [6, 6.07) is 4.40. The fourth-order valence-electron chi connectivity index (χ4n) is 2.60. The largest absolute Gasteiger partial charge is 0.356 e. The van der Waals surface area contributed by atoms with Crippen LogP contribution in [0.1, 0.15) is 37.9 Å². The maximum absolute atomic E-state index is 4.77. The molecule has 2 rings (SSSR count). The first-order chi connectivity index (χ1) is 8.70. The first kappa shape index (κ1) is 13.3. The van der Waals surface area contributed by atoms with Gasteiger partial charge in [0.1, 0.15) is 5.82 Å². The van der Waals surface area contributed by atoms with Crippen LogP contribution in [0.3, 0.4) is 0 Å². The molecule has 3 nitrogen and oxygen atoms in total. The van der Waals surface area contributed by atoms with Gasteiger partial charge < -0.3 is 10.2 Å². The van der Waals surface area contributed by atoms with Crippen molar-refractivity contribution in [3.8, 4) is 0 Å². The molecule has 1 atom stereocenters. The second kappa shape index (κ2) is 6.19. The molecule has 1 aromatic heterocycles. The number of anilines is 1. The van der Waals surface area contributed by atoms with Crippen molar-refractivity contribution in [2.75, 3.05) is 24.5 Å². The van der Waals surface area contributed by atoms with E-state index in [0.717, 1.165) is 43.6 Å². The Labute approximate surface area is 111 Å². The Bertz CT molecular complexity index is 389. The standard InChI is InChI=1S/C15H25N3/c1-4-16-10-14-7-8-15(17-13(14)3)18-9-5-6-12(2)11-18/h7-8,12,16H,4-6,9-11H2,1-3H3. The molecule has 1 unspecified atom stereocenters. The third kappa shape index (κ3) is 3.22. The summed E-state index contributed by atoms with van der Waals surface area (Å²) in [6.07, 6.45) is 2.65. The Morgan fingerprint density at radius 1 is 1.44 bits per heavy atom. The Morgan fingerprint density at radius 2 is 2.28 bits per heavy atom. The number of rotatable bonds is 4. The monoisotopic (exact) mass is 247 g/mol. The number of aromatic nitrogens is 1. The summed E-state index contributed by atoms with van der Waals surface area (Å²) >= 11 is 0. The molecule has 2 heterocycles. The summed E-state index contributed by atoms with van der Waals surface area (Å²) in [5, 5.41) is 3.36. The van der Waals surface area contributed by atoms with Gasteiger partial charge in [-0.2, -0.15) is 0 Å². The number of aryl methyl sites for hydroxylation is 1. The van der Waals surface area contributed by atoms with E-state index in [1.807, 2.05) is 0 Å². The molecule has 0 aromatic carbocycles. The summed E-state index contributed by atoms with van der Waals surface area (Å²) < 4.78 is 0. The number of hydrogen-bond acceptors (Lipinski definition) is 3. The molecule has 18 heavy (non-hydrogen) atoms. The Kier molecular flexibility index (Phi) is 4.59. The quantitative estimate of drug-likeness (QED) is 0.886. The van der Waals surface area contributed by atoms with E-state index in [9.17, 15) is 0 Å². The van der Waals surface area contributed by atoms with Gasteiger partial charge in [0.25, 0.3) is 0 Å². The topological polar surface area (TPSA) is 28.2 Å². The van der Waals surface area contributed by atoms with Gasteiger partial charge >= 0.3 is 0 Å². The van der Waals surface area contributed by atoms with Crippen molar-refractivity contribution in [2.45, 2.75) is 40.2 Å². The summed E-state index contributed by atoms with van der Waals surface area (Å²) in [5.74, 6) is 1.95. The summed E-state index contributed by atoms with van der Waals surface area (Å²) in [5.41, 5.74) is 2.47. The lowest BCUT2D eigenvalue weighted by Crippen LogP contribution is -2.34. The number of nitrogens with zero attached hydrogens (tertiary/aromatic N) is 2. The summed E-state index contributed by atoms with van der Waals surface area (Å²) in [6.45, 7) is 10.8. The zero-order chi connectivity index (χ0) is 13.0. The average molecular weight is 247 g/mol. The van der Waals surface area contributed by atoms with Gasteiger partial charge in [-0.3, -0.25) is 0 Å². The average Bonchev–Trinajstić information content (AvgIpc) is 2.37. The van der Waals surface area contributed by atoms with Crippen LogP contribution in [0.25, 0.3) is 0 Å². The fraction of sp³-hybridized carbons (Fsp3) is 0.667. The molecular weight excluding hydrogens is 222 g/mol. The predicted molar refractivity (Wildman–Crippen MR) is 77.0 cm³/mol. The molecule has 1 aliphatic heterocycles. The van der Waals surface area contributed by atoms with Crippen molar-refractivity contribution in [2.24, 2.45) is 5.92 Å². The molecule has 0 spiro atoms. The van der Waals surface area contributed by atoms with Gasteiger partial charge in [-0.25, -0.2) is 4.98 Å². The van der Waals surface area contributed by atoms with Gasteiger partial charge in [0.05, 0.1) is 0 Å². The molecule has 1 aliphatic rings. The van der Waals surface area contributed by atoms with Gasteiger partial charge in [-0.05, 0) is 43.9 Å². The molecule has 1 fully saturated rings. The minimum absolute atomic E-state index is 0.794. The fourth-order valence-corrected chi connectivity index (χ4v) is 2.60. The second-order valence-corrected chi connectivity index (χ2v) is 5.39. The van der Waals surface area contributed by atoms with E-state index in [1.54, 1.807) is 0 Å². The van der Waals surface area contributed by atoms with Crippen LogP contribution in [0.4, 0.5) is 5.82 Å². The van der Waals surface area contributed by atoms with Crippen LogP contribution in [-0.4, -0.2) is 24.6 Å². The molecule has 1 N–H and O–H groups in total. The Balaban J connectivity index is 2.07. The van der Waals surface area contributed by atoms with Gasteiger partial charge in [0, 0.05) is 25.3 Å². The predicted octanol–water partition coefficient (Wildman–Crippen LogP) is 2.74. The van der Waals surface area contributed by atoms with Crippen LogP contribution in [0.2, 0.25) is 0 Å². The van der Waals surface area contributed by atoms with E-state index in [-0.39, 0.29) is 0 Å². The zero-order valence-electron chi connectivity index (χ0n) is 11.9. The van der Waals surface area contributed by atoms with Crippen molar-refractivity contribution >= 4 is 5.82 Å². The third-order valence-electron chi connectivity index (χ3n) is 3.73. The highest BCUT2D eigenvalue weighted by molar-refractivity contribution is 5.42. The molecule has 0 amide bonds. The zero-order valence-corrected chi connectivity index (χ0v) is 11.9. The third-order valence-corrected chi connectivity index (χ3v) is 3.73. The smallest absolute Gasteiger partial charge is 0.128 e. The van der Waals surface area contributed by atoms with Crippen molar-refractivity contribution in [1.82, 2.24) is 10.3 Å². The van der Waals surface area contributed by atoms with Crippen molar-refractivity contribution in [3.63, 3.8) is 0 Å². The summed E-state index contributed by atoms with van der Waals surface area (Å²) in [4.78, 5) is 7.20. The lowest BCUT2D eigenvalue weighted by molar-refractivity contribution is 0.444. The van der Waals surface area contributed by atoms with E-state index in [2.05, 4.69) is 43.1 Å². The number of hydrogen-bond donors (Lipinski definition) is 1. The molecule has 100 valence electrons. The molecule has 0 radical (unpaired) electrons. The van der Waals surface area contributed by atoms with Crippen LogP contribution in [0, 0.1) is 12.8 Å². The van der Waals surface area contributed by atoms with Crippen molar-refractivity contribution < 1.29 is 0 Å². The van der Waals surface area contributed by atoms with Crippen LogP contribution in [-0.2, 0) is 6.54 Å². The highest BCUT2D eigenvalue weighted by atomic mass is 15.2. The molecule has 0 saturated carbocycles. The maximum atomic E-state index is 4.77. The summed E-state index contributed by atoms with van der Waals surface area (Å²) in [7, 11) is 0. The second-order valence-electron chi connectivity index (χ2n) is 5.39. The minimum atomic E-state index is 0.794. The molecule has 0 aliphatic carbocycles. The van der Waals surface area contributed by atoms with E-state index in [1.165, 1.54) is 18.4 Å². The lowest BCUT2D eigenvalue weighted by atomic mass is 10.0. The first-order valence-corrected chi connectivity index (χ1v) is 7.13. The molecule has 0 bridgehead atoms. The Morgan fingerprint density at radius 3 is 2.94 bits per heavy atom. The highest BCUT2D eigenvalue weighted by Crippen LogP contribution is 2.22. The van der Waals surface area contributed by atoms with Gasteiger partial charge in [0.15, 0.2) is 0 Å². The maximum Gasteiger partial charge on any atom is 0.128 e. The van der Waals surface area contributed by atoms with E-state index < -0.39 is 0 Å². The van der Waals surface area contributed by atoms with Crippen molar-refractivity contribution in [1.29, 1.82) is 0 Å². The number of piperidine rings is 1. The van der Waals surface area contributed by atoms with Crippen molar-refractivity contribution in [3.05, 3.63) is 23.4 Å². The van der Waals surface area contributed by atoms with E-state index in [0.29, 0.717) is 0 Å². The van der Waals surface area contributed by atoms with Crippen LogP contribution >= 0.6 is 0 Å². The number of pyridine rings is 1. The SMILES string of the molecule is CCNCc1ccc(N2CCCC(C)C2)nc1C. The molecule has 1 aromatic rings. The normalized spacial score (nSPS) is 20.2. The van der Waals surface area contributed by atoms with Gasteiger partial charge in [-0.1, -0.05) is 19.9 Å². The first-order valence-electron chi connectivity index (χ1n) is 7.13. The molecule has 1 saturated heterocycles. The minimum Gasteiger partial charge on any atom is -0.356 e. The van der Waals surface area contributed by atoms with E-state index >= 15 is 0 Å². The lowest BCUT2D eigenvalue weighted by Gasteiger charge is -2.32. The molecular formula is C15H25N3. The molecule has 3 heteroatoms. The van der Waals surface area contributed by atoms with Crippen LogP contribution < -0.4 is 10.2 Å². The van der Waals surface area contributed by atoms with Crippen LogP contribution in [0.15, 0.2) is 12.1 Å². The van der Waals surface area contributed by atoms with Gasteiger partial charge in [-0.15, -0.1) is 0 Å². The highest BCUT2D eigenvalue weighted by Gasteiger charge is 2.17. The van der Waals surface area contributed by atoms with Crippen LogP contribution in [0.5, 0.6) is 0 Å². The number of nitrogens with one attached hydrogen (secondary N) is 1. The van der Waals surface area contributed by atoms with E-state index in [4.69, 9.17) is 4.98 Å². The Hall–Kier alpha value is -1.09.